The molecule has 2 nitrogen and oxygen atoms in total. The van der Waals surface area contributed by atoms with E-state index in [1.54, 1.807) is 0 Å². The van der Waals surface area contributed by atoms with E-state index in [-0.39, 0.29) is 5.60 Å². The quantitative estimate of drug-likeness (QED) is 0.497. The van der Waals surface area contributed by atoms with Gasteiger partial charge in [0.25, 0.3) is 0 Å². The standard InChI is InChI=1S/C16H30O2/c1-14(2)8-4-3-6-11-16-12-7-5-9-15(16)10-13-17-18-16/h14-15H,3-13H2,1-2H3. The summed E-state index contributed by atoms with van der Waals surface area (Å²) < 4.78 is 0. The van der Waals surface area contributed by atoms with Crippen LogP contribution in [0.1, 0.15) is 78.1 Å². The Labute approximate surface area is 112 Å². The van der Waals surface area contributed by atoms with Crippen LogP contribution in [0.5, 0.6) is 0 Å². The van der Waals surface area contributed by atoms with Crippen molar-refractivity contribution < 1.29 is 9.78 Å². The molecule has 1 saturated heterocycles. The molecule has 2 aliphatic rings. The second-order valence-corrected chi connectivity index (χ2v) is 6.69. The predicted molar refractivity (Wildman–Crippen MR) is 74.3 cm³/mol. The summed E-state index contributed by atoms with van der Waals surface area (Å²) in [4.78, 5) is 11.1. The molecule has 1 heterocycles. The fraction of sp³-hybridized carbons (Fsp3) is 1.00. The fourth-order valence-electron chi connectivity index (χ4n) is 3.67. The first-order valence-electron chi connectivity index (χ1n) is 8.03. The van der Waals surface area contributed by atoms with Gasteiger partial charge in [0, 0.05) is 0 Å². The van der Waals surface area contributed by atoms with Crippen LogP contribution in [0.15, 0.2) is 0 Å². The number of hydrogen-bond donors (Lipinski definition) is 0. The van der Waals surface area contributed by atoms with Crippen LogP contribution in [0.25, 0.3) is 0 Å². The van der Waals surface area contributed by atoms with Crippen molar-refractivity contribution in [3.63, 3.8) is 0 Å². The van der Waals surface area contributed by atoms with Gasteiger partial charge in [0.2, 0.25) is 0 Å². The first-order valence-corrected chi connectivity index (χ1v) is 8.03. The van der Waals surface area contributed by atoms with Crippen LogP contribution in [0.2, 0.25) is 0 Å². The molecule has 0 aromatic carbocycles. The summed E-state index contributed by atoms with van der Waals surface area (Å²) in [6, 6.07) is 0. The second kappa shape index (κ2) is 6.91. The summed E-state index contributed by atoms with van der Waals surface area (Å²) in [5, 5.41) is 0. The maximum absolute atomic E-state index is 5.80. The molecule has 0 N–H and O–H groups in total. The lowest BCUT2D eigenvalue weighted by atomic mass is 9.71. The highest BCUT2D eigenvalue weighted by atomic mass is 17.2. The van der Waals surface area contributed by atoms with E-state index in [0.717, 1.165) is 18.4 Å². The summed E-state index contributed by atoms with van der Waals surface area (Å²) in [6.45, 7) is 5.43. The van der Waals surface area contributed by atoms with Crippen LogP contribution in [0.3, 0.4) is 0 Å². The van der Waals surface area contributed by atoms with Crippen LogP contribution in [0.4, 0.5) is 0 Å². The zero-order valence-electron chi connectivity index (χ0n) is 12.2. The Bertz CT molecular complexity index is 225. The van der Waals surface area contributed by atoms with Crippen molar-refractivity contribution in [2.24, 2.45) is 11.8 Å². The molecule has 0 radical (unpaired) electrons. The zero-order valence-corrected chi connectivity index (χ0v) is 12.2. The van der Waals surface area contributed by atoms with Gasteiger partial charge in [0.15, 0.2) is 0 Å². The molecule has 0 aromatic heterocycles. The van der Waals surface area contributed by atoms with Gasteiger partial charge in [-0.1, -0.05) is 52.4 Å². The van der Waals surface area contributed by atoms with E-state index in [1.807, 2.05) is 0 Å². The Balaban J connectivity index is 1.74. The highest BCUT2D eigenvalue weighted by Crippen LogP contribution is 2.44. The van der Waals surface area contributed by atoms with Gasteiger partial charge in [0.1, 0.15) is 5.60 Å². The molecule has 2 atom stereocenters. The SMILES string of the molecule is CC(C)CCCCCC12CCCCC1CCOO2. The van der Waals surface area contributed by atoms with Crippen molar-refractivity contribution in [3.05, 3.63) is 0 Å². The summed E-state index contributed by atoms with van der Waals surface area (Å²) in [5.74, 6) is 1.62. The van der Waals surface area contributed by atoms with Crippen molar-refractivity contribution in [3.8, 4) is 0 Å². The number of rotatable bonds is 6. The zero-order chi connectivity index (χ0) is 12.8. The average molecular weight is 254 g/mol. The molecule has 0 aromatic rings. The van der Waals surface area contributed by atoms with Crippen LogP contribution in [-0.2, 0) is 9.78 Å². The van der Waals surface area contributed by atoms with Crippen molar-refractivity contribution in [2.45, 2.75) is 83.7 Å². The van der Waals surface area contributed by atoms with Crippen LogP contribution in [0, 0.1) is 11.8 Å². The average Bonchev–Trinajstić information content (AvgIpc) is 2.38. The van der Waals surface area contributed by atoms with Crippen molar-refractivity contribution in [1.82, 2.24) is 0 Å². The summed E-state index contributed by atoms with van der Waals surface area (Å²) in [6.07, 6.45) is 13.1. The lowest BCUT2D eigenvalue weighted by molar-refractivity contribution is -0.406. The maximum atomic E-state index is 5.80. The topological polar surface area (TPSA) is 18.5 Å². The third-order valence-corrected chi connectivity index (χ3v) is 4.80. The molecule has 2 fully saturated rings. The molecule has 18 heavy (non-hydrogen) atoms. The second-order valence-electron chi connectivity index (χ2n) is 6.69. The third kappa shape index (κ3) is 3.71. The van der Waals surface area contributed by atoms with E-state index < -0.39 is 0 Å². The third-order valence-electron chi connectivity index (χ3n) is 4.80. The molecule has 106 valence electrons. The van der Waals surface area contributed by atoms with E-state index >= 15 is 0 Å². The van der Waals surface area contributed by atoms with Crippen LogP contribution >= 0.6 is 0 Å². The summed E-state index contributed by atoms with van der Waals surface area (Å²) >= 11 is 0. The molecule has 2 heteroatoms. The molecule has 0 spiro atoms. The lowest BCUT2D eigenvalue weighted by Crippen LogP contribution is -2.47. The van der Waals surface area contributed by atoms with Gasteiger partial charge in [0.05, 0.1) is 6.61 Å². The first-order chi connectivity index (χ1) is 8.73. The molecule has 0 bridgehead atoms. The minimum absolute atomic E-state index is 0.0916. The smallest absolute Gasteiger partial charge is 0.106 e. The number of fused-ring (bicyclic) bond motifs is 1. The highest BCUT2D eigenvalue weighted by molar-refractivity contribution is 4.92. The van der Waals surface area contributed by atoms with Gasteiger partial charge in [-0.2, -0.15) is 0 Å². The Morgan fingerprint density at radius 2 is 2.00 bits per heavy atom. The van der Waals surface area contributed by atoms with Gasteiger partial charge in [-0.3, -0.25) is 0 Å². The van der Waals surface area contributed by atoms with Gasteiger partial charge in [-0.05, 0) is 37.5 Å². The fourth-order valence-corrected chi connectivity index (χ4v) is 3.67. The largest absolute Gasteiger partial charge is 0.236 e. The Hall–Kier alpha value is -0.0800. The highest BCUT2D eigenvalue weighted by Gasteiger charge is 2.44. The van der Waals surface area contributed by atoms with E-state index in [0.29, 0.717) is 0 Å². The number of hydrogen-bond acceptors (Lipinski definition) is 2. The molecular formula is C16H30O2. The molecule has 1 saturated carbocycles. The summed E-state index contributed by atoms with van der Waals surface area (Å²) in [7, 11) is 0. The van der Waals surface area contributed by atoms with Gasteiger partial charge in [-0.15, -0.1) is 0 Å². The molecule has 2 unspecified atom stereocenters. The van der Waals surface area contributed by atoms with E-state index in [9.17, 15) is 0 Å². The Morgan fingerprint density at radius 3 is 2.83 bits per heavy atom. The summed E-state index contributed by atoms with van der Waals surface area (Å²) in [5.41, 5.74) is 0.0916. The Kier molecular flexibility index (Phi) is 5.50. The molecule has 0 amide bonds. The first kappa shape index (κ1) is 14.3. The van der Waals surface area contributed by atoms with E-state index in [1.165, 1.54) is 64.2 Å². The molecule has 2 rings (SSSR count). The maximum Gasteiger partial charge on any atom is 0.106 e. The van der Waals surface area contributed by atoms with E-state index in [4.69, 9.17) is 9.78 Å². The minimum Gasteiger partial charge on any atom is -0.236 e. The minimum atomic E-state index is 0.0916. The van der Waals surface area contributed by atoms with Crippen LogP contribution in [-0.4, -0.2) is 12.2 Å². The molecular weight excluding hydrogens is 224 g/mol. The number of unbranched alkanes of at least 4 members (excludes halogenated alkanes) is 2. The Morgan fingerprint density at radius 1 is 1.11 bits per heavy atom. The van der Waals surface area contributed by atoms with Gasteiger partial charge in [-0.25, -0.2) is 9.78 Å². The van der Waals surface area contributed by atoms with Crippen molar-refractivity contribution in [2.75, 3.05) is 6.61 Å². The van der Waals surface area contributed by atoms with Crippen LogP contribution < -0.4 is 0 Å². The normalized spacial score (nSPS) is 32.5. The lowest BCUT2D eigenvalue weighted by Gasteiger charge is -2.45. The van der Waals surface area contributed by atoms with Crippen molar-refractivity contribution in [1.29, 1.82) is 0 Å². The van der Waals surface area contributed by atoms with Gasteiger partial charge >= 0.3 is 0 Å². The monoisotopic (exact) mass is 254 g/mol. The molecule has 1 aliphatic carbocycles. The van der Waals surface area contributed by atoms with Gasteiger partial charge < -0.3 is 0 Å². The molecule has 1 aliphatic heterocycles. The predicted octanol–water partition coefficient (Wildman–Crippen LogP) is 4.87. The van der Waals surface area contributed by atoms with E-state index in [2.05, 4.69) is 13.8 Å². The van der Waals surface area contributed by atoms with Crippen molar-refractivity contribution >= 4 is 0 Å².